The fourth-order valence-corrected chi connectivity index (χ4v) is 2.50. The molecule has 0 saturated carbocycles. The van der Waals surface area contributed by atoms with E-state index in [4.69, 9.17) is 0 Å². The van der Waals surface area contributed by atoms with Gasteiger partial charge in [-0.25, -0.2) is 0 Å². The topological polar surface area (TPSA) is 61.0 Å². The number of fused-ring (bicyclic) bond motifs is 1. The van der Waals surface area contributed by atoms with Crippen LogP contribution >= 0.6 is 0 Å². The van der Waals surface area contributed by atoms with Gasteiger partial charge in [-0.15, -0.1) is 6.58 Å². The summed E-state index contributed by atoms with van der Waals surface area (Å²) in [4.78, 5) is 14.2. The number of carbonyl (C=O) groups is 1. The van der Waals surface area contributed by atoms with Gasteiger partial charge in [-0.2, -0.15) is 5.10 Å². The smallest absolute Gasteiger partial charge is 0.274 e. The zero-order valence-corrected chi connectivity index (χ0v) is 12.2. The van der Waals surface area contributed by atoms with E-state index in [9.17, 15) is 4.79 Å². The van der Waals surface area contributed by atoms with Gasteiger partial charge < -0.3 is 10.2 Å². The van der Waals surface area contributed by atoms with Gasteiger partial charge in [0.25, 0.3) is 5.91 Å². The van der Waals surface area contributed by atoms with Crippen molar-refractivity contribution >= 4 is 5.91 Å². The van der Waals surface area contributed by atoms with E-state index in [1.807, 2.05) is 13.1 Å². The number of aromatic nitrogens is 2. The molecule has 1 aromatic heterocycles. The molecule has 0 unspecified atom stereocenters. The molecule has 1 amide bonds. The van der Waals surface area contributed by atoms with Crippen molar-refractivity contribution in [1.29, 1.82) is 0 Å². The number of amides is 1. The third-order valence-electron chi connectivity index (χ3n) is 3.76. The van der Waals surface area contributed by atoms with E-state index < -0.39 is 0 Å². The normalized spacial score (nSPS) is 13.8. The highest BCUT2D eigenvalue weighted by Gasteiger charge is 2.23. The zero-order valence-electron chi connectivity index (χ0n) is 12.2. The van der Waals surface area contributed by atoms with Crippen molar-refractivity contribution < 1.29 is 4.79 Å². The number of nitrogens with one attached hydrogen (secondary N) is 2. The molecule has 5 heteroatoms. The molecule has 0 aliphatic carbocycles. The van der Waals surface area contributed by atoms with E-state index in [-0.39, 0.29) is 5.91 Å². The molecule has 0 saturated heterocycles. The molecule has 0 aromatic carbocycles. The average molecular weight is 276 g/mol. The Morgan fingerprint density at radius 2 is 2.30 bits per heavy atom. The first-order valence-corrected chi connectivity index (χ1v) is 7.37. The van der Waals surface area contributed by atoms with Gasteiger partial charge in [0.15, 0.2) is 5.69 Å². The second kappa shape index (κ2) is 7.24. The first-order chi connectivity index (χ1) is 9.74. The minimum Gasteiger partial charge on any atom is -0.340 e. The van der Waals surface area contributed by atoms with Gasteiger partial charge in [-0.1, -0.05) is 12.5 Å². The largest absolute Gasteiger partial charge is 0.340 e. The van der Waals surface area contributed by atoms with Crippen LogP contribution in [0.4, 0.5) is 0 Å². The molecule has 1 aromatic rings. The van der Waals surface area contributed by atoms with E-state index >= 15 is 0 Å². The van der Waals surface area contributed by atoms with Crippen LogP contribution in [0.3, 0.4) is 0 Å². The number of H-pyrrole nitrogens is 1. The number of hydrogen-bond acceptors (Lipinski definition) is 3. The Kier molecular flexibility index (Phi) is 5.35. The summed E-state index contributed by atoms with van der Waals surface area (Å²) in [5, 5.41) is 10.5. The van der Waals surface area contributed by atoms with E-state index in [0.717, 1.165) is 63.0 Å². The fourth-order valence-electron chi connectivity index (χ4n) is 2.50. The number of allylic oxidation sites excluding steroid dienone is 1. The molecule has 2 N–H and O–H groups in total. The van der Waals surface area contributed by atoms with Gasteiger partial charge in [0.05, 0.1) is 0 Å². The summed E-state index contributed by atoms with van der Waals surface area (Å²) < 4.78 is 0. The average Bonchev–Trinajstić information content (AvgIpc) is 2.90. The highest BCUT2D eigenvalue weighted by atomic mass is 16.2. The van der Waals surface area contributed by atoms with Crippen LogP contribution in [0, 0.1) is 0 Å². The number of nitrogens with zero attached hydrogens (tertiary/aromatic N) is 2. The Morgan fingerprint density at radius 1 is 1.45 bits per heavy atom. The van der Waals surface area contributed by atoms with Crippen molar-refractivity contribution in [2.75, 3.05) is 20.1 Å². The van der Waals surface area contributed by atoms with Crippen molar-refractivity contribution in [1.82, 2.24) is 20.4 Å². The van der Waals surface area contributed by atoms with Gasteiger partial charge in [-0.05, 0) is 19.3 Å². The maximum atomic E-state index is 12.4. The minimum atomic E-state index is 0.0231. The maximum absolute atomic E-state index is 12.4. The number of carbonyl (C=O) groups excluding carboxylic acids is 1. The fraction of sp³-hybridized carbons (Fsp3) is 0.600. The van der Waals surface area contributed by atoms with E-state index in [2.05, 4.69) is 22.1 Å². The highest BCUT2D eigenvalue weighted by Crippen LogP contribution is 2.16. The Labute approximate surface area is 120 Å². The lowest BCUT2D eigenvalue weighted by molar-refractivity contribution is 0.0785. The minimum absolute atomic E-state index is 0.0231. The number of unbranched alkanes of at least 4 members (excludes halogenated alkanes) is 3. The molecule has 0 spiro atoms. The van der Waals surface area contributed by atoms with Crippen molar-refractivity contribution in [3.8, 4) is 0 Å². The van der Waals surface area contributed by atoms with Crippen LogP contribution in [0.1, 0.15) is 47.4 Å². The second-order valence-corrected chi connectivity index (χ2v) is 5.32. The summed E-state index contributed by atoms with van der Waals surface area (Å²) in [6.07, 6.45) is 7.22. The standard InChI is InChI=1S/C15H24N4O/c1-3-4-5-6-7-10-19(2)15(20)14-12-11-16-9-8-13(12)17-18-14/h3,16H,1,4-11H2,2H3,(H,17,18). The maximum Gasteiger partial charge on any atom is 0.274 e. The van der Waals surface area contributed by atoms with Gasteiger partial charge >= 0.3 is 0 Å². The predicted octanol–water partition coefficient (Wildman–Crippen LogP) is 1.87. The third-order valence-corrected chi connectivity index (χ3v) is 3.76. The van der Waals surface area contributed by atoms with Crippen LogP contribution in [-0.4, -0.2) is 41.1 Å². The van der Waals surface area contributed by atoms with Crippen LogP contribution in [0.15, 0.2) is 12.7 Å². The molecular formula is C15H24N4O. The Balaban J connectivity index is 1.87. The first-order valence-electron chi connectivity index (χ1n) is 7.37. The van der Waals surface area contributed by atoms with Crippen LogP contribution < -0.4 is 5.32 Å². The molecule has 1 aliphatic rings. The zero-order chi connectivity index (χ0) is 14.4. The van der Waals surface area contributed by atoms with Gasteiger partial charge in [0, 0.05) is 44.4 Å². The van der Waals surface area contributed by atoms with Gasteiger partial charge in [0.1, 0.15) is 0 Å². The highest BCUT2D eigenvalue weighted by molar-refractivity contribution is 5.93. The molecule has 0 bridgehead atoms. The number of hydrogen-bond donors (Lipinski definition) is 2. The second-order valence-electron chi connectivity index (χ2n) is 5.32. The molecule has 20 heavy (non-hydrogen) atoms. The summed E-state index contributed by atoms with van der Waals surface area (Å²) in [6, 6.07) is 0. The lowest BCUT2D eigenvalue weighted by Crippen LogP contribution is -2.30. The summed E-state index contributed by atoms with van der Waals surface area (Å²) >= 11 is 0. The number of rotatable bonds is 7. The lowest BCUT2D eigenvalue weighted by atomic mass is 10.1. The summed E-state index contributed by atoms with van der Waals surface area (Å²) in [7, 11) is 1.85. The molecule has 2 rings (SSSR count). The Morgan fingerprint density at radius 3 is 3.10 bits per heavy atom. The quantitative estimate of drug-likeness (QED) is 0.590. The van der Waals surface area contributed by atoms with E-state index in [1.165, 1.54) is 0 Å². The van der Waals surface area contributed by atoms with E-state index in [0.29, 0.717) is 5.69 Å². The molecule has 2 heterocycles. The summed E-state index contributed by atoms with van der Waals surface area (Å²) in [6.45, 7) is 6.18. The van der Waals surface area contributed by atoms with Crippen molar-refractivity contribution in [3.05, 3.63) is 29.6 Å². The van der Waals surface area contributed by atoms with Gasteiger partial charge in [0.2, 0.25) is 0 Å². The van der Waals surface area contributed by atoms with Crippen LogP contribution in [0.5, 0.6) is 0 Å². The molecular weight excluding hydrogens is 252 g/mol. The molecule has 0 radical (unpaired) electrons. The molecule has 110 valence electrons. The first kappa shape index (κ1) is 14.8. The van der Waals surface area contributed by atoms with Crippen LogP contribution in [0.2, 0.25) is 0 Å². The van der Waals surface area contributed by atoms with Crippen molar-refractivity contribution in [2.24, 2.45) is 0 Å². The van der Waals surface area contributed by atoms with Gasteiger partial charge in [-0.3, -0.25) is 9.89 Å². The summed E-state index contributed by atoms with van der Waals surface area (Å²) in [5.41, 5.74) is 2.73. The van der Waals surface area contributed by atoms with E-state index in [1.54, 1.807) is 4.90 Å². The van der Waals surface area contributed by atoms with Crippen molar-refractivity contribution in [2.45, 2.75) is 38.6 Å². The van der Waals surface area contributed by atoms with Crippen LogP contribution in [0.25, 0.3) is 0 Å². The predicted molar refractivity (Wildman–Crippen MR) is 79.6 cm³/mol. The number of aromatic amines is 1. The Hall–Kier alpha value is -1.62. The molecule has 0 atom stereocenters. The molecule has 0 fully saturated rings. The third kappa shape index (κ3) is 3.48. The Bertz CT molecular complexity index is 466. The van der Waals surface area contributed by atoms with Crippen LogP contribution in [-0.2, 0) is 13.0 Å². The monoisotopic (exact) mass is 276 g/mol. The molecule has 5 nitrogen and oxygen atoms in total. The SMILES string of the molecule is C=CCCCCCN(C)C(=O)c1n[nH]c2c1CNCC2. The molecule has 1 aliphatic heterocycles. The van der Waals surface area contributed by atoms with Crippen molar-refractivity contribution in [3.63, 3.8) is 0 Å². The lowest BCUT2D eigenvalue weighted by Gasteiger charge is -2.18. The summed E-state index contributed by atoms with van der Waals surface area (Å²) in [5.74, 6) is 0.0231.